The number of nitrogens with one attached hydrogen (secondary N) is 1. The second kappa shape index (κ2) is 21.6. The summed E-state index contributed by atoms with van der Waals surface area (Å²) in [5.74, 6) is 20.8. The fourth-order valence-corrected chi connectivity index (χ4v) is 4.54. The van der Waals surface area contributed by atoms with Crippen LogP contribution in [0.5, 0.6) is 0 Å². The molecule has 2 aromatic heterocycles. The van der Waals surface area contributed by atoms with E-state index in [4.69, 9.17) is 37.8 Å². The van der Waals surface area contributed by atoms with Crippen LogP contribution in [0.3, 0.4) is 0 Å². The number of hydrogen-bond acceptors (Lipinski definition) is 7. The summed E-state index contributed by atoms with van der Waals surface area (Å²) in [6.07, 6.45) is 2.61. The normalized spacial score (nSPS) is 11.1. The number of ether oxygens (including phenoxy) is 2. The molecule has 54 heavy (non-hydrogen) atoms. The van der Waals surface area contributed by atoms with Gasteiger partial charge in [0.1, 0.15) is 23.0 Å². The van der Waals surface area contributed by atoms with Crippen molar-refractivity contribution in [2.45, 2.75) is 52.4 Å². The van der Waals surface area contributed by atoms with Crippen LogP contribution in [-0.4, -0.2) is 63.7 Å². The highest BCUT2D eigenvalue weighted by atomic mass is 35.5. The maximum absolute atomic E-state index is 12.8. The summed E-state index contributed by atoms with van der Waals surface area (Å²) in [4.78, 5) is 44.0. The van der Waals surface area contributed by atoms with Crippen molar-refractivity contribution in [2.24, 2.45) is 0 Å². The zero-order valence-electron chi connectivity index (χ0n) is 30.3. The average Bonchev–Trinajstić information content (AvgIpc) is 3.14. The van der Waals surface area contributed by atoms with E-state index in [0.717, 1.165) is 5.56 Å². The van der Waals surface area contributed by atoms with E-state index in [1.54, 1.807) is 86.9 Å². The van der Waals surface area contributed by atoms with E-state index in [1.165, 1.54) is 12.1 Å². The molecule has 0 aliphatic rings. The molecule has 9 nitrogen and oxygen atoms in total. The number of ketones is 1. The van der Waals surface area contributed by atoms with Crippen LogP contribution in [0.25, 0.3) is 0 Å². The van der Waals surface area contributed by atoms with Gasteiger partial charge in [-0.1, -0.05) is 46.9 Å². The Balaban J connectivity index is 0.000000331. The number of rotatable bonds is 9. The third-order valence-corrected chi connectivity index (χ3v) is 7.22. The van der Waals surface area contributed by atoms with E-state index in [1.807, 2.05) is 20.8 Å². The SMILES string of the molecule is CCOCC(=O)C(NC(=O)c1ccc(C#CC#Cc2ccc(Cl)nc2)cc1)[C@@H](C)OC(C)(C)C.O=C(O)c1ccc(C#CC#Cc2ccc(Cl)nc2)cc1. The number of carbonyl (C=O) groups is 3. The second-order valence-electron chi connectivity index (χ2n) is 12.2. The van der Waals surface area contributed by atoms with Gasteiger partial charge in [0.2, 0.25) is 0 Å². The van der Waals surface area contributed by atoms with Gasteiger partial charge in [0.25, 0.3) is 5.91 Å². The monoisotopic (exact) mass is 761 g/mol. The number of carbonyl (C=O) groups excluding carboxylic acids is 2. The molecule has 274 valence electrons. The summed E-state index contributed by atoms with van der Waals surface area (Å²) in [5.41, 5.74) is 3.01. The predicted octanol–water partition coefficient (Wildman–Crippen LogP) is 6.88. The third kappa shape index (κ3) is 15.8. The molecule has 0 bridgehead atoms. The van der Waals surface area contributed by atoms with E-state index < -0.39 is 23.7 Å². The number of hydrogen-bond donors (Lipinski definition) is 2. The molecule has 0 aliphatic carbocycles. The van der Waals surface area contributed by atoms with Crippen LogP contribution in [0.4, 0.5) is 0 Å². The van der Waals surface area contributed by atoms with Crippen molar-refractivity contribution in [2.75, 3.05) is 13.2 Å². The van der Waals surface area contributed by atoms with Crippen molar-refractivity contribution in [3.8, 4) is 47.4 Å². The number of amides is 1. The molecule has 0 radical (unpaired) electrons. The molecular weight excluding hydrogens is 725 g/mol. The van der Waals surface area contributed by atoms with Gasteiger partial charge >= 0.3 is 5.97 Å². The van der Waals surface area contributed by atoms with Gasteiger partial charge in [-0.3, -0.25) is 9.59 Å². The summed E-state index contributed by atoms with van der Waals surface area (Å²) in [7, 11) is 0. The van der Waals surface area contributed by atoms with Crippen LogP contribution in [0.2, 0.25) is 10.3 Å². The number of Topliss-reactive ketones (excluding diaryl/α,β-unsaturated/α-hetero) is 1. The molecule has 0 aliphatic heterocycles. The second-order valence-corrected chi connectivity index (χ2v) is 13.0. The van der Waals surface area contributed by atoms with Crippen molar-refractivity contribution in [3.63, 3.8) is 0 Å². The zero-order chi connectivity index (χ0) is 39.5. The highest BCUT2D eigenvalue weighted by Gasteiger charge is 2.30. The number of halogens is 2. The van der Waals surface area contributed by atoms with Gasteiger partial charge in [0.05, 0.1) is 17.3 Å². The maximum Gasteiger partial charge on any atom is 0.335 e. The number of aromatic nitrogens is 2. The van der Waals surface area contributed by atoms with E-state index in [2.05, 4.69) is 62.6 Å². The minimum atomic E-state index is -0.959. The molecular formula is C43H37Cl2N3O6. The number of benzene rings is 2. The van der Waals surface area contributed by atoms with Gasteiger partial charge in [-0.25, -0.2) is 14.8 Å². The van der Waals surface area contributed by atoms with E-state index in [-0.39, 0.29) is 23.9 Å². The Labute approximate surface area is 325 Å². The summed E-state index contributed by atoms with van der Waals surface area (Å²) in [5, 5.41) is 12.4. The number of carboxylic acids is 1. The fourth-order valence-electron chi connectivity index (χ4n) is 4.32. The van der Waals surface area contributed by atoms with Crippen LogP contribution in [0.1, 0.15) is 77.6 Å². The Kier molecular flexibility index (Phi) is 17.0. The molecule has 2 atom stereocenters. The topological polar surface area (TPSA) is 128 Å². The van der Waals surface area contributed by atoms with E-state index >= 15 is 0 Å². The highest BCUT2D eigenvalue weighted by Crippen LogP contribution is 2.15. The number of carboxylic acid groups (broad SMARTS) is 1. The molecule has 11 heteroatoms. The Hall–Kier alpha value is -5.91. The van der Waals surface area contributed by atoms with Crippen molar-refractivity contribution in [1.29, 1.82) is 0 Å². The maximum atomic E-state index is 12.8. The largest absolute Gasteiger partial charge is 0.478 e. The van der Waals surface area contributed by atoms with E-state index in [9.17, 15) is 14.4 Å². The molecule has 2 aromatic carbocycles. The molecule has 0 spiro atoms. The molecule has 0 fully saturated rings. The zero-order valence-corrected chi connectivity index (χ0v) is 31.8. The molecule has 4 aromatic rings. The lowest BCUT2D eigenvalue weighted by Crippen LogP contribution is -2.51. The smallest absolute Gasteiger partial charge is 0.335 e. The van der Waals surface area contributed by atoms with Crippen LogP contribution in [0, 0.1) is 47.4 Å². The number of nitrogens with zero attached hydrogens (tertiary/aromatic N) is 2. The van der Waals surface area contributed by atoms with Gasteiger partial charge in [0, 0.05) is 46.8 Å². The first-order chi connectivity index (χ1) is 25.7. The van der Waals surface area contributed by atoms with Crippen molar-refractivity contribution < 1.29 is 29.0 Å². The van der Waals surface area contributed by atoms with Crippen LogP contribution >= 0.6 is 23.2 Å². The Morgan fingerprint density at radius 3 is 1.54 bits per heavy atom. The van der Waals surface area contributed by atoms with Gasteiger partial charge in [-0.15, -0.1) is 0 Å². The fraction of sp³-hybridized carbons (Fsp3) is 0.233. The molecule has 1 unspecified atom stereocenters. The quantitative estimate of drug-likeness (QED) is 0.140. The highest BCUT2D eigenvalue weighted by molar-refractivity contribution is 6.29. The summed E-state index contributed by atoms with van der Waals surface area (Å²) >= 11 is 11.4. The lowest BCUT2D eigenvalue weighted by atomic mass is 10.0. The molecule has 1 amide bonds. The molecule has 2 heterocycles. The molecule has 0 saturated heterocycles. The average molecular weight is 763 g/mol. The first-order valence-electron chi connectivity index (χ1n) is 16.5. The minimum Gasteiger partial charge on any atom is -0.478 e. The van der Waals surface area contributed by atoms with Crippen LogP contribution in [-0.2, 0) is 14.3 Å². The lowest BCUT2D eigenvalue weighted by Gasteiger charge is -2.30. The van der Waals surface area contributed by atoms with Gasteiger partial charge < -0.3 is 19.9 Å². The number of pyridine rings is 2. The Morgan fingerprint density at radius 1 is 0.722 bits per heavy atom. The summed E-state index contributed by atoms with van der Waals surface area (Å²) in [6, 6.07) is 19.0. The van der Waals surface area contributed by atoms with Crippen LogP contribution < -0.4 is 5.32 Å². The van der Waals surface area contributed by atoms with E-state index in [0.29, 0.717) is 39.2 Å². The minimum absolute atomic E-state index is 0.0963. The third-order valence-electron chi connectivity index (χ3n) is 6.78. The van der Waals surface area contributed by atoms with Gasteiger partial charge in [-0.2, -0.15) is 0 Å². The molecule has 0 saturated carbocycles. The summed E-state index contributed by atoms with van der Waals surface area (Å²) in [6.45, 7) is 9.57. The molecule has 4 rings (SSSR count). The number of aromatic carboxylic acids is 1. The molecule has 2 N–H and O–H groups in total. The Morgan fingerprint density at radius 2 is 1.15 bits per heavy atom. The first-order valence-corrected chi connectivity index (χ1v) is 17.3. The van der Waals surface area contributed by atoms with Crippen molar-refractivity contribution in [3.05, 3.63) is 129 Å². The summed E-state index contributed by atoms with van der Waals surface area (Å²) < 4.78 is 11.2. The van der Waals surface area contributed by atoms with Crippen LogP contribution in [0.15, 0.2) is 85.2 Å². The first kappa shape index (κ1) is 42.5. The lowest BCUT2D eigenvalue weighted by molar-refractivity contribution is -0.133. The van der Waals surface area contributed by atoms with Crippen molar-refractivity contribution >= 4 is 40.9 Å². The Bertz CT molecular complexity index is 2150. The van der Waals surface area contributed by atoms with Crippen molar-refractivity contribution in [1.82, 2.24) is 15.3 Å². The predicted molar refractivity (Wildman–Crippen MR) is 209 cm³/mol. The van der Waals surface area contributed by atoms with Gasteiger partial charge in [-0.05, 0) is 131 Å². The van der Waals surface area contributed by atoms with Gasteiger partial charge in [0.15, 0.2) is 5.78 Å². The standard InChI is InChI=1S/C27H29ClN2O4.C16H8ClNO2/c1-6-33-18-23(31)25(19(2)34-27(3,4)5)30-26(32)22-14-11-20(12-15-22)9-7-8-10-21-13-16-24(28)29-17-21;17-15-10-7-13(11-18-15)4-2-1-3-12-5-8-14(9-6-12)16(19)20/h11-17,19,25H,6,18H2,1-5H3,(H,30,32);5-11H,(H,19,20)/t19-,25?;/m1./s1.